The number of rotatable bonds is 5. The smallest absolute Gasteiger partial charge is 0.227 e. The highest BCUT2D eigenvalue weighted by Gasteiger charge is 2.56. The monoisotopic (exact) mass is 478 g/mol. The molecule has 2 aromatic rings. The minimum absolute atomic E-state index is 0.0884. The summed E-state index contributed by atoms with van der Waals surface area (Å²) in [6, 6.07) is 7.18. The first-order chi connectivity index (χ1) is 16.6. The molecule has 2 aliphatic heterocycles. The SMILES string of the molecule is O=[S@]1c2c(nc(N3CCC(c4ccc5c(c4)CCC5)CC3)nc2NC2(CO)CCC2)CC12CC2. The van der Waals surface area contributed by atoms with Gasteiger partial charge in [0.2, 0.25) is 5.95 Å². The minimum atomic E-state index is -1.05. The second-order valence-electron chi connectivity index (χ2n) is 11.3. The van der Waals surface area contributed by atoms with E-state index in [0.29, 0.717) is 5.92 Å². The molecule has 180 valence electrons. The molecule has 0 amide bonds. The topological polar surface area (TPSA) is 78.4 Å². The van der Waals surface area contributed by atoms with Crippen LogP contribution in [0.25, 0.3) is 0 Å². The Hall–Kier alpha value is -1.99. The van der Waals surface area contributed by atoms with Crippen molar-refractivity contribution in [2.45, 2.75) is 91.7 Å². The third-order valence-corrected chi connectivity index (χ3v) is 11.3. The van der Waals surface area contributed by atoms with Gasteiger partial charge in [0.1, 0.15) is 10.7 Å². The van der Waals surface area contributed by atoms with Crippen molar-refractivity contribution in [1.29, 1.82) is 0 Å². The van der Waals surface area contributed by atoms with E-state index in [1.54, 1.807) is 11.1 Å². The number of hydrogen-bond donors (Lipinski definition) is 2. The Kier molecular flexibility index (Phi) is 4.86. The highest BCUT2D eigenvalue weighted by Crippen LogP contribution is 2.54. The maximum Gasteiger partial charge on any atom is 0.227 e. The van der Waals surface area contributed by atoms with Crippen LogP contribution < -0.4 is 10.2 Å². The zero-order valence-electron chi connectivity index (χ0n) is 19.8. The average molecular weight is 479 g/mol. The summed E-state index contributed by atoms with van der Waals surface area (Å²) in [5, 5.41) is 13.6. The lowest BCUT2D eigenvalue weighted by molar-refractivity contribution is 0.143. The van der Waals surface area contributed by atoms with Crippen molar-refractivity contribution in [3.63, 3.8) is 0 Å². The van der Waals surface area contributed by atoms with Crippen LogP contribution >= 0.6 is 0 Å². The summed E-state index contributed by atoms with van der Waals surface area (Å²) in [7, 11) is -1.05. The Bertz CT molecular complexity index is 1160. The van der Waals surface area contributed by atoms with Crippen LogP contribution in [0.15, 0.2) is 23.1 Å². The van der Waals surface area contributed by atoms with E-state index in [9.17, 15) is 9.32 Å². The molecular formula is C27H34N4O2S. The number of nitrogens with zero attached hydrogens (tertiary/aromatic N) is 3. The van der Waals surface area contributed by atoms with E-state index in [4.69, 9.17) is 9.97 Å². The third kappa shape index (κ3) is 3.34. The number of hydrogen-bond acceptors (Lipinski definition) is 6. The fourth-order valence-corrected chi connectivity index (χ4v) is 8.33. The van der Waals surface area contributed by atoms with Crippen molar-refractivity contribution < 1.29 is 9.32 Å². The summed E-state index contributed by atoms with van der Waals surface area (Å²) in [5.41, 5.74) is 5.26. The fraction of sp³-hybridized carbons (Fsp3) is 0.630. The summed E-state index contributed by atoms with van der Waals surface area (Å²) in [4.78, 5) is 13.1. The largest absolute Gasteiger partial charge is 0.394 e. The molecule has 1 aromatic heterocycles. The van der Waals surface area contributed by atoms with Crippen molar-refractivity contribution in [2.24, 2.45) is 0 Å². The number of nitrogens with one attached hydrogen (secondary N) is 1. The van der Waals surface area contributed by atoms with Gasteiger partial charge in [0.05, 0.1) is 33.4 Å². The third-order valence-electron chi connectivity index (χ3n) is 9.17. The predicted molar refractivity (Wildman–Crippen MR) is 134 cm³/mol. The van der Waals surface area contributed by atoms with E-state index in [1.165, 1.54) is 24.8 Å². The van der Waals surface area contributed by atoms with E-state index in [2.05, 4.69) is 28.4 Å². The summed E-state index contributed by atoms with van der Waals surface area (Å²) in [5.74, 6) is 2.09. The van der Waals surface area contributed by atoms with Gasteiger partial charge in [-0.25, -0.2) is 4.98 Å². The summed E-state index contributed by atoms with van der Waals surface area (Å²) >= 11 is 0. The Morgan fingerprint density at radius 3 is 2.56 bits per heavy atom. The Balaban J connectivity index is 1.14. The van der Waals surface area contributed by atoms with Crippen LogP contribution in [0, 0.1) is 0 Å². The number of aryl methyl sites for hydroxylation is 2. The van der Waals surface area contributed by atoms with Gasteiger partial charge in [-0.2, -0.15) is 4.98 Å². The van der Waals surface area contributed by atoms with Crippen molar-refractivity contribution in [3.8, 4) is 0 Å². The zero-order valence-corrected chi connectivity index (χ0v) is 20.6. The van der Waals surface area contributed by atoms with E-state index < -0.39 is 10.8 Å². The van der Waals surface area contributed by atoms with Crippen LogP contribution in [-0.4, -0.2) is 49.3 Å². The average Bonchev–Trinajstić information content (AvgIpc) is 3.36. The second-order valence-corrected chi connectivity index (χ2v) is 13.1. The Morgan fingerprint density at radius 1 is 1.06 bits per heavy atom. The van der Waals surface area contributed by atoms with Gasteiger partial charge in [-0.1, -0.05) is 18.2 Å². The van der Waals surface area contributed by atoms with Gasteiger partial charge in [-0.05, 0) is 86.8 Å². The summed E-state index contributed by atoms with van der Waals surface area (Å²) in [6.07, 6.45) is 11.8. The number of aromatic nitrogens is 2. The van der Waals surface area contributed by atoms with Crippen molar-refractivity contribution in [3.05, 3.63) is 40.6 Å². The van der Waals surface area contributed by atoms with Gasteiger partial charge >= 0.3 is 0 Å². The molecule has 7 heteroatoms. The van der Waals surface area contributed by atoms with E-state index >= 15 is 0 Å². The maximum absolute atomic E-state index is 13.4. The van der Waals surface area contributed by atoms with E-state index in [1.807, 2.05) is 0 Å². The maximum atomic E-state index is 13.4. The summed E-state index contributed by atoms with van der Waals surface area (Å²) in [6.45, 7) is 1.98. The van der Waals surface area contributed by atoms with Crippen LogP contribution in [0.5, 0.6) is 0 Å². The van der Waals surface area contributed by atoms with E-state index in [0.717, 1.165) is 86.8 Å². The molecule has 3 aliphatic carbocycles. The van der Waals surface area contributed by atoms with Gasteiger partial charge in [0.25, 0.3) is 0 Å². The van der Waals surface area contributed by atoms with Crippen LogP contribution in [0.2, 0.25) is 0 Å². The first-order valence-electron chi connectivity index (χ1n) is 13.2. The number of fused-ring (bicyclic) bond motifs is 2. The number of aliphatic hydroxyl groups excluding tert-OH is 1. The lowest BCUT2D eigenvalue weighted by atomic mass is 9.77. The van der Waals surface area contributed by atoms with Crippen molar-refractivity contribution in [1.82, 2.24) is 9.97 Å². The number of piperidine rings is 1. The van der Waals surface area contributed by atoms with Crippen molar-refractivity contribution >= 4 is 22.6 Å². The van der Waals surface area contributed by atoms with Crippen LogP contribution in [0.3, 0.4) is 0 Å². The second kappa shape index (κ2) is 7.76. The molecule has 5 aliphatic rings. The first kappa shape index (κ1) is 21.3. The molecule has 7 rings (SSSR count). The molecule has 1 saturated heterocycles. The van der Waals surface area contributed by atoms with Crippen molar-refractivity contribution in [2.75, 3.05) is 29.9 Å². The lowest BCUT2D eigenvalue weighted by Crippen LogP contribution is -2.49. The van der Waals surface area contributed by atoms with Crippen LogP contribution in [0.4, 0.5) is 11.8 Å². The molecule has 1 aromatic carbocycles. The van der Waals surface area contributed by atoms with Gasteiger partial charge in [-0.3, -0.25) is 4.21 Å². The Labute approximate surface area is 204 Å². The molecule has 2 N–H and O–H groups in total. The van der Waals surface area contributed by atoms with Gasteiger partial charge in [0, 0.05) is 19.5 Å². The molecule has 2 saturated carbocycles. The molecule has 34 heavy (non-hydrogen) atoms. The normalized spacial score (nSPS) is 26.3. The first-order valence-corrected chi connectivity index (χ1v) is 14.3. The highest BCUT2D eigenvalue weighted by molar-refractivity contribution is 7.87. The molecule has 1 spiro atoms. The molecule has 3 heterocycles. The lowest BCUT2D eigenvalue weighted by Gasteiger charge is -2.42. The number of benzene rings is 1. The molecule has 3 fully saturated rings. The minimum Gasteiger partial charge on any atom is -0.394 e. The van der Waals surface area contributed by atoms with Gasteiger partial charge < -0.3 is 15.3 Å². The molecule has 6 nitrogen and oxygen atoms in total. The fourth-order valence-electron chi connectivity index (χ4n) is 6.55. The quantitative estimate of drug-likeness (QED) is 0.679. The summed E-state index contributed by atoms with van der Waals surface area (Å²) < 4.78 is 13.3. The van der Waals surface area contributed by atoms with Crippen LogP contribution in [0.1, 0.15) is 79.7 Å². The predicted octanol–water partition coefficient (Wildman–Crippen LogP) is 3.87. The van der Waals surface area contributed by atoms with Gasteiger partial charge in [-0.15, -0.1) is 0 Å². The highest BCUT2D eigenvalue weighted by atomic mass is 32.2. The van der Waals surface area contributed by atoms with Crippen LogP contribution in [-0.2, 0) is 30.1 Å². The molecule has 1 atom stereocenters. The number of aliphatic hydroxyl groups is 1. The molecule has 0 unspecified atom stereocenters. The standard InChI is InChI=1S/C27H34N4O2S/c32-17-26(9-2-10-26)30-24-23-22(16-27(11-12-27)34(23)33)28-25(29-24)31-13-7-19(8-14-31)21-6-5-18-3-1-4-20(18)15-21/h5-6,15,19,32H,1-4,7-14,16-17H2,(H,28,29,30)/t34-/m0/s1. The molecular weight excluding hydrogens is 444 g/mol. The zero-order chi connectivity index (χ0) is 22.9. The number of anilines is 2. The van der Waals surface area contributed by atoms with E-state index in [-0.39, 0.29) is 16.9 Å². The van der Waals surface area contributed by atoms with Gasteiger partial charge in [0.15, 0.2) is 0 Å². The molecule has 0 radical (unpaired) electrons. The Morgan fingerprint density at radius 2 is 1.85 bits per heavy atom. The molecule has 0 bridgehead atoms.